The van der Waals surface area contributed by atoms with Crippen LogP contribution in [0.1, 0.15) is 39.0 Å². The van der Waals surface area contributed by atoms with Gasteiger partial charge in [-0.1, -0.05) is 19.1 Å². The summed E-state index contributed by atoms with van der Waals surface area (Å²) in [6.45, 7) is 4.24. The Morgan fingerprint density at radius 1 is 1.23 bits per heavy atom. The first kappa shape index (κ1) is 17.1. The molecule has 2 aliphatic rings. The summed E-state index contributed by atoms with van der Waals surface area (Å²) in [4.78, 5) is 24.2. The molecule has 1 N–H and O–H groups in total. The molecule has 0 bridgehead atoms. The monoisotopic (exact) mass is 354 g/mol. The van der Waals surface area contributed by atoms with E-state index in [1.165, 1.54) is 0 Å². The van der Waals surface area contributed by atoms with Crippen LogP contribution in [0.25, 0.3) is 11.0 Å². The second kappa shape index (κ2) is 7.48. The normalized spacial score (nSPS) is 20.2. The Morgan fingerprint density at radius 2 is 2.00 bits per heavy atom. The van der Waals surface area contributed by atoms with Crippen LogP contribution in [0.2, 0.25) is 0 Å². The number of carbonyl (C=O) groups excluding carboxylic acids is 1. The number of ether oxygens (including phenoxy) is 1. The van der Waals surface area contributed by atoms with Gasteiger partial charge in [-0.25, -0.2) is 9.97 Å². The lowest BCUT2D eigenvalue weighted by atomic mass is 9.97. The molecule has 0 radical (unpaired) electrons. The predicted octanol–water partition coefficient (Wildman–Crippen LogP) is 2.91. The second-order valence-corrected chi connectivity index (χ2v) is 7.26. The maximum atomic E-state index is 12.5. The van der Waals surface area contributed by atoms with Gasteiger partial charge in [0.25, 0.3) is 5.88 Å². The van der Waals surface area contributed by atoms with E-state index in [2.05, 4.69) is 22.1 Å². The summed E-state index contributed by atoms with van der Waals surface area (Å²) in [5, 5.41) is 3.14. The molecule has 4 rings (SSSR count). The van der Waals surface area contributed by atoms with Gasteiger partial charge >= 0.3 is 0 Å². The molecule has 0 unspecified atom stereocenters. The van der Waals surface area contributed by atoms with Gasteiger partial charge in [-0.3, -0.25) is 4.79 Å². The summed E-state index contributed by atoms with van der Waals surface area (Å²) >= 11 is 0. The standard InChI is InChI=1S/C20H26N4O2/c1-2-12-26-20-18(22-16-7-3-4-8-17(16)23-20)24-11-5-6-14(13-24)19(25)21-15-9-10-15/h3-4,7-8,14-15H,2,5-6,9-13H2,1H3,(H,21,25)/t14-/m1/s1. The fraction of sp³-hybridized carbons (Fsp3) is 0.550. The first-order valence-electron chi connectivity index (χ1n) is 9.69. The van der Waals surface area contributed by atoms with Crippen molar-refractivity contribution in [3.05, 3.63) is 24.3 Å². The van der Waals surface area contributed by atoms with E-state index in [0.29, 0.717) is 25.1 Å². The molecule has 1 aliphatic heterocycles. The van der Waals surface area contributed by atoms with Gasteiger partial charge < -0.3 is 15.0 Å². The summed E-state index contributed by atoms with van der Waals surface area (Å²) in [5.41, 5.74) is 1.69. The number of fused-ring (bicyclic) bond motifs is 1. The maximum absolute atomic E-state index is 12.5. The van der Waals surface area contributed by atoms with Gasteiger partial charge in [0.2, 0.25) is 5.91 Å². The highest BCUT2D eigenvalue weighted by molar-refractivity contribution is 5.81. The number of nitrogens with one attached hydrogen (secondary N) is 1. The summed E-state index contributed by atoms with van der Waals surface area (Å²) < 4.78 is 5.90. The molecule has 2 aromatic rings. The van der Waals surface area contributed by atoms with Crippen molar-refractivity contribution in [2.45, 2.75) is 45.1 Å². The van der Waals surface area contributed by atoms with E-state index in [1.807, 2.05) is 24.3 Å². The highest BCUT2D eigenvalue weighted by Gasteiger charge is 2.32. The molecule has 6 nitrogen and oxygen atoms in total. The zero-order valence-corrected chi connectivity index (χ0v) is 15.3. The fourth-order valence-electron chi connectivity index (χ4n) is 3.41. The van der Waals surface area contributed by atoms with Crippen molar-refractivity contribution in [2.24, 2.45) is 5.92 Å². The van der Waals surface area contributed by atoms with Gasteiger partial charge in [0.1, 0.15) is 0 Å². The Bertz CT molecular complexity index is 790. The van der Waals surface area contributed by atoms with Gasteiger partial charge in [0.05, 0.1) is 23.6 Å². The molecule has 1 aliphatic carbocycles. The molecule has 6 heteroatoms. The number of rotatable bonds is 6. The van der Waals surface area contributed by atoms with E-state index in [9.17, 15) is 4.79 Å². The number of piperidine rings is 1. The van der Waals surface area contributed by atoms with E-state index in [1.54, 1.807) is 0 Å². The molecule has 138 valence electrons. The topological polar surface area (TPSA) is 67.4 Å². The van der Waals surface area contributed by atoms with Gasteiger partial charge in [0, 0.05) is 19.1 Å². The molecule has 1 amide bonds. The SMILES string of the molecule is CCCOc1nc2ccccc2nc1N1CCC[C@@H](C(=O)NC2CC2)C1. The number of benzene rings is 1. The van der Waals surface area contributed by atoms with Gasteiger partial charge in [-0.15, -0.1) is 0 Å². The van der Waals surface area contributed by atoms with Crippen LogP contribution in [0.4, 0.5) is 5.82 Å². The summed E-state index contributed by atoms with van der Waals surface area (Å²) in [6, 6.07) is 8.25. The molecule has 26 heavy (non-hydrogen) atoms. The average molecular weight is 354 g/mol. The Kier molecular flexibility index (Phi) is 4.91. The predicted molar refractivity (Wildman–Crippen MR) is 101 cm³/mol. The lowest BCUT2D eigenvalue weighted by Crippen LogP contribution is -2.44. The van der Waals surface area contributed by atoms with Crippen LogP contribution in [0.3, 0.4) is 0 Å². The van der Waals surface area contributed by atoms with E-state index in [0.717, 1.165) is 55.5 Å². The highest BCUT2D eigenvalue weighted by atomic mass is 16.5. The van der Waals surface area contributed by atoms with Crippen molar-refractivity contribution < 1.29 is 9.53 Å². The van der Waals surface area contributed by atoms with E-state index in [4.69, 9.17) is 9.72 Å². The minimum Gasteiger partial charge on any atom is -0.475 e. The molecule has 0 spiro atoms. The molecular weight excluding hydrogens is 328 g/mol. The van der Waals surface area contributed by atoms with Crippen molar-refractivity contribution in [1.82, 2.24) is 15.3 Å². The highest BCUT2D eigenvalue weighted by Crippen LogP contribution is 2.31. The van der Waals surface area contributed by atoms with E-state index >= 15 is 0 Å². The Labute approximate surface area is 154 Å². The Morgan fingerprint density at radius 3 is 2.73 bits per heavy atom. The van der Waals surface area contributed by atoms with Crippen molar-refractivity contribution in [3.8, 4) is 5.88 Å². The number of carbonyl (C=O) groups is 1. The molecule has 1 aromatic carbocycles. The minimum absolute atomic E-state index is 0.0108. The number of nitrogens with zero attached hydrogens (tertiary/aromatic N) is 3. The van der Waals surface area contributed by atoms with Crippen molar-refractivity contribution in [3.63, 3.8) is 0 Å². The summed E-state index contributed by atoms with van der Waals surface area (Å²) in [5.74, 6) is 1.54. The largest absolute Gasteiger partial charge is 0.475 e. The molecule has 1 atom stereocenters. The average Bonchev–Trinajstić information content (AvgIpc) is 3.49. The summed E-state index contributed by atoms with van der Waals surface area (Å²) in [7, 11) is 0. The lowest BCUT2D eigenvalue weighted by molar-refractivity contribution is -0.125. The quantitative estimate of drug-likeness (QED) is 0.864. The molecule has 2 heterocycles. The zero-order chi connectivity index (χ0) is 17.9. The molecule has 2 fully saturated rings. The number of aromatic nitrogens is 2. The minimum atomic E-state index is 0.0108. The van der Waals surface area contributed by atoms with Crippen LogP contribution in [0.15, 0.2) is 24.3 Å². The number of hydrogen-bond donors (Lipinski definition) is 1. The van der Waals surface area contributed by atoms with Crippen LogP contribution in [-0.2, 0) is 4.79 Å². The number of para-hydroxylation sites is 2. The van der Waals surface area contributed by atoms with Crippen LogP contribution < -0.4 is 15.0 Å². The van der Waals surface area contributed by atoms with Crippen LogP contribution in [0, 0.1) is 5.92 Å². The van der Waals surface area contributed by atoms with Crippen LogP contribution in [0.5, 0.6) is 5.88 Å². The Balaban J connectivity index is 1.59. The van der Waals surface area contributed by atoms with E-state index in [-0.39, 0.29) is 11.8 Å². The maximum Gasteiger partial charge on any atom is 0.258 e. The zero-order valence-electron chi connectivity index (χ0n) is 15.3. The summed E-state index contributed by atoms with van der Waals surface area (Å²) in [6.07, 6.45) is 5.06. The first-order valence-corrected chi connectivity index (χ1v) is 9.69. The molecular formula is C20H26N4O2. The number of amides is 1. The third-order valence-electron chi connectivity index (χ3n) is 4.98. The third kappa shape index (κ3) is 3.74. The second-order valence-electron chi connectivity index (χ2n) is 7.26. The van der Waals surface area contributed by atoms with Crippen LogP contribution in [-0.4, -0.2) is 41.6 Å². The van der Waals surface area contributed by atoms with Crippen molar-refractivity contribution in [1.29, 1.82) is 0 Å². The van der Waals surface area contributed by atoms with Crippen molar-refractivity contribution >= 4 is 22.8 Å². The lowest BCUT2D eigenvalue weighted by Gasteiger charge is -2.33. The van der Waals surface area contributed by atoms with Gasteiger partial charge in [-0.05, 0) is 44.2 Å². The fourth-order valence-corrected chi connectivity index (χ4v) is 3.41. The van der Waals surface area contributed by atoms with Crippen molar-refractivity contribution in [2.75, 3.05) is 24.6 Å². The molecule has 1 saturated carbocycles. The van der Waals surface area contributed by atoms with Gasteiger partial charge in [-0.2, -0.15) is 0 Å². The third-order valence-corrected chi connectivity index (χ3v) is 4.98. The molecule has 1 aromatic heterocycles. The Hall–Kier alpha value is -2.37. The van der Waals surface area contributed by atoms with Gasteiger partial charge in [0.15, 0.2) is 5.82 Å². The smallest absolute Gasteiger partial charge is 0.258 e. The number of anilines is 1. The number of hydrogen-bond acceptors (Lipinski definition) is 5. The van der Waals surface area contributed by atoms with E-state index < -0.39 is 0 Å². The van der Waals surface area contributed by atoms with Crippen LogP contribution >= 0.6 is 0 Å². The molecule has 1 saturated heterocycles. The first-order chi connectivity index (χ1) is 12.7.